The molecule has 0 unspecified atom stereocenters. The quantitative estimate of drug-likeness (QED) is 0.320. The lowest BCUT2D eigenvalue weighted by atomic mass is 9.94. The fourth-order valence-electron chi connectivity index (χ4n) is 7.01. The molecule has 4 aliphatic rings. The Morgan fingerprint density at radius 3 is 2.45 bits per heavy atom. The van der Waals surface area contributed by atoms with E-state index in [0.29, 0.717) is 36.8 Å². The molecule has 1 amide bonds. The number of hydrogen-bond donors (Lipinski definition) is 3. The van der Waals surface area contributed by atoms with E-state index in [4.69, 9.17) is 5.11 Å². The molecule has 2 aromatic rings. The zero-order valence-corrected chi connectivity index (χ0v) is 25.5. The monoisotopic (exact) mass is 601 g/mol. The maximum atomic E-state index is 12.3. The van der Waals surface area contributed by atoms with Crippen LogP contribution in [0.5, 0.6) is 0 Å². The van der Waals surface area contributed by atoms with Crippen molar-refractivity contribution in [3.05, 3.63) is 53.3 Å². The number of anilines is 2. The van der Waals surface area contributed by atoms with Crippen molar-refractivity contribution >= 4 is 29.3 Å². The van der Waals surface area contributed by atoms with E-state index in [9.17, 15) is 15.0 Å². The molecule has 2 saturated heterocycles. The summed E-state index contributed by atoms with van der Waals surface area (Å²) in [5, 5.41) is 22.2. The summed E-state index contributed by atoms with van der Waals surface area (Å²) < 4.78 is 0. The number of amides is 1. The molecule has 12 nitrogen and oxygen atoms in total. The summed E-state index contributed by atoms with van der Waals surface area (Å²) in [5.74, 6) is 0.781. The average Bonchev–Trinajstić information content (AvgIpc) is 3.05. The van der Waals surface area contributed by atoms with Gasteiger partial charge in [-0.05, 0) is 56.1 Å². The Hall–Kier alpha value is -4.06. The number of amidine groups is 1. The molecule has 6 heterocycles. The van der Waals surface area contributed by atoms with E-state index in [0.717, 1.165) is 101 Å². The van der Waals surface area contributed by atoms with Crippen LogP contribution in [-0.2, 0) is 11.2 Å². The van der Waals surface area contributed by atoms with Gasteiger partial charge in [0.25, 0.3) is 0 Å². The Bertz CT molecular complexity index is 1400. The van der Waals surface area contributed by atoms with Crippen LogP contribution in [0.1, 0.15) is 61.4 Å². The number of carbonyl (C=O) groups excluding carboxylic acids is 1. The molecule has 234 valence electrons. The Labute approximate surface area is 258 Å². The van der Waals surface area contributed by atoms with Gasteiger partial charge in [-0.1, -0.05) is 0 Å². The summed E-state index contributed by atoms with van der Waals surface area (Å²) in [5.41, 5.74) is 4.41. The zero-order chi connectivity index (χ0) is 30.6. The number of pyridine rings is 1. The molecule has 2 fully saturated rings. The number of rotatable bonds is 7. The fourth-order valence-corrected chi connectivity index (χ4v) is 7.01. The minimum atomic E-state index is -1.01. The number of carbonyl (C=O) groups is 2. The van der Waals surface area contributed by atoms with Gasteiger partial charge in [0.05, 0.1) is 12.1 Å². The van der Waals surface area contributed by atoms with Gasteiger partial charge in [0.1, 0.15) is 5.84 Å². The van der Waals surface area contributed by atoms with Gasteiger partial charge >= 0.3 is 5.97 Å². The van der Waals surface area contributed by atoms with Crippen LogP contribution in [-0.4, -0.2) is 106 Å². The molecule has 6 rings (SSSR count). The van der Waals surface area contributed by atoms with E-state index >= 15 is 0 Å². The number of carboxylic acids is 1. The van der Waals surface area contributed by atoms with Crippen LogP contribution >= 0.6 is 0 Å². The van der Waals surface area contributed by atoms with E-state index in [2.05, 4.69) is 35.0 Å². The van der Waals surface area contributed by atoms with E-state index in [1.165, 1.54) is 18.0 Å². The maximum Gasteiger partial charge on any atom is 0.338 e. The number of hydrogen-bond acceptors (Lipinski definition) is 9. The molecule has 2 aromatic heterocycles. The summed E-state index contributed by atoms with van der Waals surface area (Å²) in [7, 11) is 0. The lowest BCUT2D eigenvalue weighted by Crippen LogP contribution is -2.48. The van der Waals surface area contributed by atoms with E-state index in [-0.39, 0.29) is 11.5 Å². The number of aryl methyl sites for hydroxylation is 1. The molecule has 0 saturated carbocycles. The largest absolute Gasteiger partial charge is 0.478 e. The Morgan fingerprint density at radius 2 is 1.75 bits per heavy atom. The molecule has 0 bridgehead atoms. The van der Waals surface area contributed by atoms with Crippen molar-refractivity contribution in [3.8, 4) is 0 Å². The minimum absolute atomic E-state index is 0.0559. The summed E-state index contributed by atoms with van der Waals surface area (Å²) in [6.07, 6.45) is 13.4. The molecule has 3 N–H and O–H groups in total. The highest BCUT2D eigenvalue weighted by molar-refractivity contribution is 6.09. The highest BCUT2D eigenvalue weighted by Crippen LogP contribution is 2.30. The first kappa shape index (κ1) is 30.0. The Kier molecular flexibility index (Phi) is 9.06. The van der Waals surface area contributed by atoms with Crippen LogP contribution in [0, 0.1) is 11.3 Å². The van der Waals surface area contributed by atoms with E-state index in [1.54, 1.807) is 13.1 Å². The predicted molar refractivity (Wildman–Crippen MR) is 168 cm³/mol. The number of fused-ring (bicyclic) bond motifs is 1. The van der Waals surface area contributed by atoms with Crippen molar-refractivity contribution in [1.29, 1.82) is 5.41 Å². The lowest BCUT2D eigenvalue weighted by Gasteiger charge is -2.40. The second-order valence-corrected chi connectivity index (χ2v) is 12.5. The standard InChI is InChI=1S/C32H43N9O3/c1-22(42)40-16-9-28(27(21-40)30(33)41-11-2-3-24-17-34-10-4-29(24)41)37-26-7-12-38(13-8-26)20-23-5-14-39(15-6-23)32-35-18-25(19-36-32)31(43)44/h4,10,17-19,23,26,33,37H,2-3,5-9,11-16,20-21H2,1H3,(H,43,44). The second-order valence-electron chi connectivity index (χ2n) is 12.5. The molecule has 0 aliphatic carbocycles. The Balaban J connectivity index is 1.03. The predicted octanol–water partition coefficient (Wildman–Crippen LogP) is 2.78. The topological polar surface area (TPSA) is 142 Å². The first-order valence-corrected chi connectivity index (χ1v) is 15.9. The highest BCUT2D eigenvalue weighted by atomic mass is 16.4. The fraction of sp³-hybridized carbons (Fsp3) is 0.562. The SMILES string of the molecule is CC(=O)N1CCC(NC2CCN(CC3CCN(c4ncc(C(=O)O)cn4)CC3)CC2)=C(C(=N)N2CCCc3cnccc32)C1. The number of nitrogens with one attached hydrogen (secondary N) is 2. The molecule has 0 atom stereocenters. The van der Waals surface area contributed by atoms with Crippen LogP contribution in [0.2, 0.25) is 0 Å². The maximum absolute atomic E-state index is 12.3. The number of likely N-dealkylation sites (tertiary alicyclic amines) is 1. The number of piperidine rings is 2. The van der Waals surface area contributed by atoms with Crippen molar-refractivity contribution in [3.63, 3.8) is 0 Å². The number of carboxylic acid groups (broad SMARTS) is 1. The first-order valence-electron chi connectivity index (χ1n) is 15.9. The average molecular weight is 602 g/mol. The number of aromatic nitrogens is 3. The Morgan fingerprint density at radius 1 is 1.00 bits per heavy atom. The van der Waals surface area contributed by atoms with Crippen LogP contribution in [0.3, 0.4) is 0 Å². The van der Waals surface area contributed by atoms with Crippen LogP contribution in [0.15, 0.2) is 42.1 Å². The second kappa shape index (κ2) is 13.3. The van der Waals surface area contributed by atoms with E-state index < -0.39 is 5.97 Å². The van der Waals surface area contributed by atoms with Gasteiger partial charge < -0.3 is 30.0 Å². The van der Waals surface area contributed by atoms with Crippen molar-refractivity contribution < 1.29 is 14.7 Å². The number of nitrogens with zero attached hydrogens (tertiary/aromatic N) is 7. The summed E-state index contributed by atoms with van der Waals surface area (Å²) in [4.78, 5) is 44.9. The van der Waals surface area contributed by atoms with Crippen molar-refractivity contribution in [2.45, 2.75) is 57.9 Å². The third kappa shape index (κ3) is 6.69. The normalized spacial score (nSPS) is 20.4. The van der Waals surface area contributed by atoms with Gasteiger partial charge in [-0.25, -0.2) is 14.8 Å². The van der Waals surface area contributed by atoms with Crippen molar-refractivity contribution in [2.75, 3.05) is 62.2 Å². The van der Waals surface area contributed by atoms with Crippen LogP contribution in [0.25, 0.3) is 0 Å². The summed E-state index contributed by atoms with van der Waals surface area (Å²) >= 11 is 0. The van der Waals surface area contributed by atoms with Gasteiger partial charge in [0, 0.05) is 107 Å². The molecule has 0 radical (unpaired) electrons. The number of aromatic carboxylic acids is 1. The zero-order valence-electron chi connectivity index (χ0n) is 25.5. The molecular formula is C32H43N9O3. The minimum Gasteiger partial charge on any atom is -0.478 e. The third-order valence-electron chi connectivity index (χ3n) is 9.61. The molecule has 44 heavy (non-hydrogen) atoms. The smallest absolute Gasteiger partial charge is 0.338 e. The first-order chi connectivity index (χ1) is 21.4. The molecule has 0 spiro atoms. The molecule has 0 aromatic carbocycles. The third-order valence-corrected chi connectivity index (χ3v) is 9.61. The van der Waals surface area contributed by atoms with Crippen molar-refractivity contribution in [2.24, 2.45) is 5.92 Å². The highest BCUT2D eigenvalue weighted by Gasteiger charge is 2.31. The van der Waals surface area contributed by atoms with E-state index in [1.807, 2.05) is 17.2 Å². The van der Waals surface area contributed by atoms with Gasteiger partial charge in [-0.15, -0.1) is 0 Å². The molecular weight excluding hydrogens is 558 g/mol. The van der Waals surface area contributed by atoms with Crippen molar-refractivity contribution in [1.82, 2.24) is 30.1 Å². The molecule has 4 aliphatic heterocycles. The lowest BCUT2D eigenvalue weighted by molar-refractivity contribution is -0.128. The summed E-state index contributed by atoms with van der Waals surface area (Å²) in [6, 6.07) is 2.37. The van der Waals surface area contributed by atoms with Gasteiger partial charge in [0.2, 0.25) is 11.9 Å². The van der Waals surface area contributed by atoms with Crippen LogP contribution in [0.4, 0.5) is 11.6 Å². The van der Waals surface area contributed by atoms with Gasteiger partial charge in [-0.2, -0.15) is 0 Å². The van der Waals surface area contributed by atoms with Gasteiger partial charge in [0.15, 0.2) is 0 Å². The van der Waals surface area contributed by atoms with Crippen LogP contribution < -0.4 is 15.1 Å². The summed E-state index contributed by atoms with van der Waals surface area (Å²) in [6.45, 7) is 8.52. The van der Waals surface area contributed by atoms with Gasteiger partial charge in [-0.3, -0.25) is 15.2 Å². The molecule has 12 heteroatoms.